The molecule has 0 bridgehead atoms. The molecule has 2 heterocycles. The van der Waals surface area contributed by atoms with E-state index in [2.05, 4.69) is 10.3 Å². The topological polar surface area (TPSA) is 115 Å². The lowest BCUT2D eigenvalue weighted by atomic mass is 10.1. The summed E-state index contributed by atoms with van der Waals surface area (Å²) in [7, 11) is -3.71. The highest BCUT2D eigenvalue weighted by molar-refractivity contribution is 7.89. The van der Waals surface area contributed by atoms with E-state index in [0.717, 1.165) is 27.5 Å². The van der Waals surface area contributed by atoms with Gasteiger partial charge in [0.2, 0.25) is 10.0 Å². The molecule has 7 nitrogen and oxygen atoms in total. The number of rotatable bonds is 5. The van der Waals surface area contributed by atoms with Gasteiger partial charge in [-0.05, 0) is 49.2 Å². The molecular weight excluding hydrogens is 390 g/mol. The summed E-state index contributed by atoms with van der Waals surface area (Å²) in [5.41, 5.74) is 3.16. The molecule has 148 valence electrons. The highest BCUT2D eigenvalue weighted by Crippen LogP contribution is 2.29. The van der Waals surface area contributed by atoms with Gasteiger partial charge in [-0.15, -0.1) is 0 Å². The number of pyridine rings is 1. The van der Waals surface area contributed by atoms with Crippen molar-refractivity contribution in [2.45, 2.75) is 18.2 Å². The number of nitrogens with one attached hydrogen (secondary N) is 1. The number of nitrogens with zero attached hydrogens (tertiary/aromatic N) is 1. The first-order valence-corrected chi connectivity index (χ1v) is 10.6. The van der Waals surface area contributed by atoms with Gasteiger partial charge in [0, 0.05) is 23.0 Å². The normalized spacial score (nSPS) is 11.8. The Bertz CT molecular complexity index is 1330. The summed E-state index contributed by atoms with van der Waals surface area (Å²) in [6, 6.07) is 15.6. The number of amides is 1. The molecular formula is C21H19N3O4S. The van der Waals surface area contributed by atoms with Gasteiger partial charge in [-0.25, -0.2) is 13.6 Å². The van der Waals surface area contributed by atoms with Crippen LogP contribution in [-0.4, -0.2) is 25.9 Å². The van der Waals surface area contributed by atoms with Gasteiger partial charge in [0.25, 0.3) is 5.91 Å². The summed E-state index contributed by atoms with van der Waals surface area (Å²) in [4.78, 5) is 17.1. The Balaban J connectivity index is 1.48. The van der Waals surface area contributed by atoms with E-state index in [4.69, 9.17) is 9.56 Å². The Morgan fingerprint density at radius 3 is 2.55 bits per heavy atom. The first-order valence-electron chi connectivity index (χ1n) is 9.02. The highest BCUT2D eigenvalue weighted by atomic mass is 32.2. The van der Waals surface area contributed by atoms with E-state index in [0.29, 0.717) is 18.5 Å². The fourth-order valence-corrected chi connectivity index (χ4v) is 3.74. The van der Waals surface area contributed by atoms with Crippen LogP contribution in [0.5, 0.6) is 0 Å². The summed E-state index contributed by atoms with van der Waals surface area (Å²) < 4.78 is 28.4. The van der Waals surface area contributed by atoms with Crippen molar-refractivity contribution in [1.29, 1.82) is 0 Å². The minimum absolute atomic E-state index is 0.0590. The number of carbonyl (C=O) groups excluding carboxylic acids is 1. The van der Waals surface area contributed by atoms with Crippen LogP contribution in [0.15, 0.2) is 63.9 Å². The third-order valence-electron chi connectivity index (χ3n) is 4.73. The van der Waals surface area contributed by atoms with E-state index in [1.165, 1.54) is 12.1 Å². The maximum atomic E-state index is 12.5. The van der Waals surface area contributed by atoms with Gasteiger partial charge in [0.1, 0.15) is 5.58 Å². The van der Waals surface area contributed by atoms with Crippen molar-refractivity contribution >= 4 is 37.8 Å². The fraction of sp³-hybridized carbons (Fsp3) is 0.143. The average Bonchev–Trinajstić information content (AvgIpc) is 3.14. The molecule has 0 saturated carbocycles. The van der Waals surface area contributed by atoms with Gasteiger partial charge in [-0.1, -0.05) is 24.3 Å². The van der Waals surface area contributed by atoms with Crippen molar-refractivity contribution in [2.75, 3.05) is 6.54 Å². The molecule has 0 aliphatic rings. The average molecular weight is 409 g/mol. The second kappa shape index (κ2) is 7.31. The minimum Gasteiger partial charge on any atom is -0.450 e. The lowest BCUT2D eigenvalue weighted by Crippen LogP contribution is -2.25. The van der Waals surface area contributed by atoms with Crippen LogP contribution in [0.2, 0.25) is 0 Å². The van der Waals surface area contributed by atoms with E-state index in [9.17, 15) is 13.2 Å². The number of hydrogen-bond acceptors (Lipinski definition) is 5. The molecule has 4 aromatic rings. The molecule has 0 radical (unpaired) electrons. The maximum Gasteiger partial charge on any atom is 0.287 e. The molecule has 0 spiro atoms. The Labute approximate surface area is 167 Å². The zero-order valence-electron chi connectivity index (χ0n) is 15.7. The third kappa shape index (κ3) is 3.85. The van der Waals surface area contributed by atoms with Gasteiger partial charge >= 0.3 is 0 Å². The second-order valence-corrected chi connectivity index (χ2v) is 8.32. The van der Waals surface area contributed by atoms with Crippen molar-refractivity contribution in [3.05, 3.63) is 71.6 Å². The molecule has 2 aromatic heterocycles. The molecule has 0 aliphatic heterocycles. The van der Waals surface area contributed by atoms with Crippen LogP contribution in [0.4, 0.5) is 0 Å². The largest absolute Gasteiger partial charge is 0.450 e. The van der Waals surface area contributed by atoms with Crippen molar-refractivity contribution in [1.82, 2.24) is 10.3 Å². The molecule has 0 unspecified atom stereocenters. The molecule has 0 fully saturated rings. The van der Waals surface area contributed by atoms with E-state index < -0.39 is 10.0 Å². The quantitative estimate of drug-likeness (QED) is 0.526. The molecule has 2 aromatic carbocycles. The Kier molecular flexibility index (Phi) is 4.81. The summed E-state index contributed by atoms with van der Waals surface area (Å²) in [6.45, 7) is 2.26. The number of hydrogen-bond donors (Lipinski definition) is 2. The predicted octanol–water partition coefficient (Wildman–Crippen LogP) is 2.91. The molecule has 29 heavy (non-hydrogen) atoms. The van der Waals surface area contributed by atoms with Crippen molar-refractivity contribution < 1.29 is 17.6 Å². The number of aromatic nitrogens is 1. The SMILES string of the molecule is Cc1nc2ccccc2c2oc(C(=O)NCCc3ccc(S(N)(=O)=O)cc3)cc12. The molecule has 3 N–H and O–H groups in total. The Morgan fingerprint density at radius 1 is 1.10 bits per heavy atom. The second-order valence-electron chi connectivity index (χ2n) is 6.76. The first-order chi connectivity index (χ1) is 13.8. The van der Waals surface area contributed by atoms with E-state index >= 15 is 0 Å². The van der Waals surface area contributed by atoms with Crippen LogP contribution >= 0.6 is 0 Å². The lowest BCUT2D eigenvalue weighted by molar-refractivity contribution is 0.0928. The molecule has 0 saturated heterocycles. The lowest BCUT2D eigenvalue weighted by Gasteiger charge is -2.04. The van der Waals surface area contributed by atoms with E-state index in [-0.39, 0.29) is 16.6 Å². The third-order valence-corrected chi connectivity index (χ3v) is 5.66. The van der Waals surface area contributed by atoms with Gasteiger partial charge in [0.15, 0.2) is 5.76 Å². The summed E-state index contributed by atoms with van der Waals surface area (Å²) in [6.07, 6.45) is 0.542. The van der Waals surface area contributed by atoms with Crippen molar-refractivity contribution in [3.63, 3.8) is 0 Å². The number of para-hydroxylation sites is 1. The van der Waals surface area contributed by atoms with Crippen molar-refractivity contribution in [2.24, 2.45) is 5.14 Å². The van der Waals surface area contributed by atoms with Gasteiger partial charge in [-0.3, -0.25) is 9.78 Å². The van der Waals surface area contributed by atoms with Crippen LogP contribution in [0, 0.1) is 6.92 Å². The molecule has 0 atom stereocenters. The molecule has 1 amide bonds. The first kappa shape index (κ1) is 19.1. The van der Waals surface area contributed by atoms with Crippen LogP contribution in [0.1, 0.15) is 21.8 Å². The van der Waals surface area contributed by atoms with Crippen LogP contribution in [-0.2, 0) is 16.4 Å². The van der Waals surface area contributed by atoms with E-state index in [1.807, 2.05) is 31.2 Å². The maximum absolute atomic E-state index is 12.5. The van der Waals surface area contributed by atoms with E-state index in [1.54, 1.807) is 18.2 Å². The smallest absolute Gasteiger partial charge is 0.287 e. The number of primary sulfonamides is 1. The van der Waals surface area contributed by atoms with Crippen molar-refractivity contribution in [3.8, 4) is 0 Å². The number of aryl methyl sites for hydroxylation is 1. The van der Waals surface area contributed by atoms with Gasteiger partial charge in [-0.2, -0.15) is 0 Å². The Hall–Kier alpha value is -3.23. The van der Waals surface area contributed by atoms with Crippen LogP contribution in [0.3, 0.4) is 0 Å². The number of sulfonamides is 1. The Morgan fingerprint density at radius 2 is 1.83 bits per heavy atom. The number of benzene rings is 2. The fourth-order valence-electron chi connectivity index (χ4n) is 3.23. The number of furan rings is 1. The zero-order valence-corrected chi connectivity index (χ0v) is 16.5. The van der Waals surface area contributed by atoms with Gasteiger partial charge in [0.05, 0.1) is 10.4 Å². The molecule has 8 heteroatoms. The highest BCUT2D eigenvalue weighted by Gasteiger charge is 2.16. The monoisotopic (exact) mass is 409 g/mol. The summed E-state index contributed by atoms with van der Waals surface area (Å²) >= 11 is 0. The summed E-state index contributed by atoms with van der Waals surface area (Å²) in [5, 5.41) is 9.59. The predicted molar refractivity (Wildman–Crippen MR) is 110 cm³/mol. The number of carbonyl (C=O) groups is 1. The number of fused-ring (bicyclic) bond motifs is 3. The molecule has 0 aliphatic carbocycles. The minimum atomic E-state index is -3.71. The van der Waals surface area contributed by atoms with Gasteiger partial charge < -0.3 is 9.73 Å². The standard InChI is InChI=1S/C21H19N3O4S/c1-13-17-12-19(28-20(17)16-4-2-3-5-18(16)24-13)21(25)23-11-10-14-6-8-15(9-7-14)29(22,26)27/h2-9,12H,10-11H2,1H3,(H,23,25)(H2,22,26,27). The zero-order chi connectivity index (χ0) is 20.6. The summed E-state index contributed by atoms with van der Waals surface area (Å²) in [5.74, 6) is -0.0864. The van der Waals surface area contributed by atoms with Crippen LogP contribution in [0.25, 0.3) is 21.9 Å². The van der Waals surface area contributed by atoms with Crippen LogP contribution < -0.4 is 10.5 Å². The molecule has 4 rings (SSSR count). The number of nitrogens with two attached hydrogens (primary N) is 1.